The van der Waals surface area contributed by atoms with Gasteiger partial charge in [-0.1, -0.05) is 12.1 Å². The molecule has 1 aliphatic rings. The van der Waals surface area contributed by atoms with Crippen molar-refractivity contribution < 1.29 is 9.90 Å². The zero-order valence-corrected chi connectivity index (χ0v) is 10.7. The summed E-state index contributed by atoms with van der Waals surface area (Å²) in [5.74, 6) is 0.161. The number of rotatable bonds is 2. The summed E-state index contributed by atoms with van der Waals surface area (Å²) in [6.07, 6.45) is 1.91. The van der Waals surface area contributed by atoms with Crippen LogP contribution in [0.1, 0.15) is 30.1 Å². The molecule has 1 aromatic rings. The summed E-state index contributed by atoms with van der Waals surface area (Å²) in [5, 5.41) is 9.24. The first-order valence-corrected chi connectivity index (χ1v) is 6.39. The number of likely N-dealkylation sites (tertiary alicyclic amines) is 1. The smallest absolute Gasteiger partial charge is 0.256 e. The Balaban J connectivity index is 2.19. The molecule has 0 radical (unpaired) electrons. The van der Waals surface area contributed by atoms with Crippen molar-refractivity contribution in [2.24, 2.45) is 5.92 Å². The van der Waals surface area contributed by atoms with Crippen LogP contribution in [0.15, 0.2) is 24.3 Å². The van der Waals surface area contributed by atoms with Gasteiger partial charge >= 0.3 is 0 Å². The number of carbonyl (C=O) groups excluding carboxylic acids is 1. The minimum absolute atomic E-state index is 0.0289. The van der Waals surface area contributed by atoms with Gasteiger partial charge in [0.1, 0.15) is 0 Å². The Bertz CT molecular complexity index is 434. The van der Waals surface area contributed by atoms with Crippen molar-refractivity contribution in [3.63, 3.8) is 0 Å². The first-order valence-electron chi connectivity index (χ1n) is 6.39. The molecule has 2 rings (SSSR count). The summed E-state index contributed by atoms with van der Waals surface area (Å²) < 4.78 is 0. The fourth-order valence-corrected chi connectivity index (χ4v) is 2.46. The second-order valence-electron chi connectivity index (χ2n) is 5.02. The Morgan fingerprint density at radius 2 is 2.17 bits per heavy atom. The Kier molecular flexibility index (Phi) is 3.87. The van der Waals surface area contributed by atoms with Crippen LogP contribution >= 0.6 is 0 Å². The zero-order chi connectivity index (χ0) is 13.1. The molecule has 0 aromatic heterocycles. The molecule has 0 unspecified atom stereocenters. The molecular weight excluding hydrogens is 228 g/mol. The molecule has 1 aliphatic heterocycles. The van der Waals surface area contributed by atoms with E-state index in [1.54, 1.807) is 12.1 Å². The van der Waals surface area contributed by atoms with Crippen LogP contribution < -0.4 is 5.73 Å². The van der Waals surface area contributed by atoms with Gasteiger partial charge in [-0.2, -0.15) is 0 Å². The lowest BCUT2D eigenvalue weighted by molar-refractivity contribution is 0.0490. The average molecular weight is 248 g/mol. The van der Waals surface area contributed by atoms with Gasteiger partial charge in [-0.3, -0.25) is 4.79 Å². The van der Waals surface area contributed by atoms with Crippen LogP contribution in [0.3, 0.4) is 0 Å². The highest BCUT2D eigenvalue weighted by atomic mass is 16.3. The molecule has 0 bridgehead atoms. The number of carbonyl (C=O) groups is 1. The van der Waals surface area contributed by atoms with Crippen LogP contribution in [0, 0.1) is 5.92 Å². The third-order valence-corrected chi connectivity index (χ3v) is 3.69. The third kappa shape index (κ3) is 2.48. The molecule has 1 aromatic carbocycles. The monoisotopic (exact) mass is 248 g/mol. The Hall–Kier alpha value is -1.55. The van der Waals surface area contributed by atoms with E-state index >= 15 is 0 Å². The van der Waals surface area contributed by atoms with Crippen molar-refractivity contribution in [1.82, 2.24) is 4.90 Å². The van der Waals surface area contributed by atoms with Crippen molar-refractivity contribution >= 4 is 11.6 Å². The zero-order valence-electron chi connectivity index (χ0n) is 10.7. The van der Waals surface area contributed by atoms with E-state index in [1.165, 1.54) is 0 Å². The van der Waals surface area contributed by atoms with Crippen molar-refractivity contribution in [2.75, 3.05) is 18.9 Å². The summed E-state index contributed by atoms with van der Waals surface area (Å²) in [7, 11) is 0. The average Bonchev–Trinajstić information content (AvgIpc) is 2.39. The third-order valence-electron chi connectivity index (χ3n) is 3.69. The van der Waals surface area contributed by atoms with E-state index in [0.29, 0.717) is 17.8 Å². The maximum absolute atomic E-state index is 12.5. The highest BCUT2D eigenvalue weighted by molar-refractivity contribution is 5.99. The van der Waals surface area contributed by atoms with E-state index in [4.69, 9.17) is 5.73 Å². The van der Waals surface area contributed by atoms with Crippen LogP contribution in [0.4, 0.5) is 5.69 Å². The number of piperidine rings is 1. The predicted octanol–water partition coefficient (Wildman–Crippen LogP) is 1.50. The summed E-state index contributed by atoms with van der Waals surface area (Å²) in [4.78, 5) is 14.3. The summed E-state index contributed by atoms with van der Waals surface area (Å²) in [6, 6.07) is 7.35. The number of hydrogen-bond acceptors (Lipinski definition) is 3. The first-order chi connectivity index (χ1) is 8.63. The molecule has 1 heterocycles. The molecule has 2 atom stereocenters. The molecule has 0 spiro atoms. The molecule has 0 saturated carbocycles. The Labute approximate surface area is 107 Å². The van der Waals surface area contributed by atoms with E-state index < -0.39 is 0 Å². The number of nitrogens with zero attached hydrogens (tertiary/aromatic N) is 1. The number of aliphatic hydroxyl groups is 1. The van der Waals surface area contributed by atoms with Gasteiger partial charge in [-0.15, -0.1) is 0 Å². The fraction of sp³-hybridized carbons (Fsp3) is 0.500. The van der Waals surface area contributed by atoms with Crippen LogP contribution in [0.5, 0.6) is 0 Å². The lowest BCUT2D eigenvalue weighted by atomic mass is 9.93. The molecule has 4 heteroatoms. The van der Waals surface area contributed by atoms with E-state index in [1.807, 2.05) is 24.0 Å². The predicted molar refractivity (Wildman–Crippen MR) is 71.2 cm³/mol. The number of nitrogens with two attached hydrogens (primary N) is 1. The number of hydrogen-bond donors (Lipinski definition) is 2. The van der Waals surface area contributed by atoms with Crippen molar-refractivity contribution in [1.29, 1.82) is 0 Å². The topological polar surface area (TPSA) is 66.6 Å². The maximum atomic E-state index is 12.5. The largest absolute Gasteiger partial charge is 0.398 e. The van der Waals surface area contributed by atoms with Gasteiger partial charge in [0.05, 0.1) is 5.56 Å². The fourth-order valence-electron chi connectivity index (χ4n) is 2.46. The van der Waals surface area contributed by atoms with Crippen LogP contribution in [-0.2, 0) is 0 Å². The number of benzene rings is 1. The standard InChI is InChI=1S/C14H20N2O2/c1-10-6-7-11(9-17)8-16(10)14(18)12-4-2-3-5-13(12)15/h2-5,10-11,17H,6-9,15H2,1H3/t10-,11-/m1/s1. The van der Waals surface area contributed by atoms with Crippen molar-refractivity contribution in [2.45, 2.75) is 25.8 Å². The van der Waals surface area contributed by atoms with Crippen molar-refractivity contribution in [3.8, 4) is 0 Å². The quantitative estimate of drug-likeness (QED) is 0.779. The van der Waals surface area contributed by atoms with E-state index in [2.05, 4.69) is 0 Å². The number of nitrogen functional groups attached to an aromatic ring is 1. The second kappa shape index (κ2) is 5.40. The van der Waals surface area contributed by atoms with Crippen LogP contribution in [-0.4, -0.2) is 35.1 Å². The molecule has 4 nitrogen and oxygen atoms in total. The molecule has 18 heavy (non-hydrogen) atoms. The highest BCUT2D eigenvalue weighted by Crippen LogP contribution is 2.24. The lowest BCUT2D eigenvalue weighted by Crippen LogP contribution is -2.46. The van der Waals surface area contributed by atoms with Gasteiger partial charge in [0.25, 0.3) is 5.91 Å². The normalized spacial score (nSPS) is 24.0. The Morgan fingerprint density at radius 1 is 1.44 bits per heavy atom. The van der Waals surface area contributed by atoms with E-state index in [9.17, 15) is 9.90 Å². The maximum Gasteiger partial charge on any atom is 0.256 e. The van der Waals surface area contributed by atoms with Gasteiger partial charge in [0.2, 0.25) is 0 Å². The number of para-hydroxylation sites is 1. The molecule has 98 valence electrons. The van der Waals surface area contributed by atoms with Gasteiger partial charge in [0.15, 0.2) is 0 Å². The lowest BCUT2D eigenvalue weighted by Gasteiger charge is -2.37. The Morgan fingerprint density at radius 3 is 2.83 bits per heavy atom. The van der Waals surface area contributed by atoms with E-state index in [0.717, 1.165) is 12.8 Å². The van der Waals surface area contributed by atoms with Crippen molar-refractivity contribution in [3.05, 3.63) is 29.8 Å². The van der Waals surface area contributed by atoms with Gasteiger partial charge in [-0.05, 0) is 37.8 Å². The SMILES string of the molecule is C[C@@H]1CC[C@@H](CO)CN1C(=O)c1ccccc1N. The number of anilines is 1. The second-order valence-corrected chi connectivity index (χ2v) is 5.02. The van der Waals surface area contributed by atoms with Gasteiger partial charge < -0.3 is 15.7 Å². The minimum atomic E-state index is -0.0289. The molecule has 1 fully saturated rings. The summed E-state index contributed by atoms with van der Waals surface area (Å²) in [6.45, 7) is 2.80. The summed E-state index contributed by atoms with van der Waals surface area (Å²) >= 11 is 0. The number of amides is 1. The summed E-state index contributed by atoms with van der Waals surface area (Å²) in [5.41, 5.74) is 6.92. The van der Waals surface area contributed by atoms with E-state index in [-0.39, 0.29) is 24.5 Å². The highest BCUT2D eigenvalue weighted by Gasteiger charge is 2.29. The minimum Gasteiger partial charge on any atom is -0.398 e. The molecule has 1 amide bonds. The van der Waals surface area contributed by atoms with Crippen LogP contribution in [0.25, 0.3) is 0 Å². The molecular formula is C14H20N2O2. The number of aliphatic hydroxyl groups excluding tert-OH is 1. The molecule has 0 aliphatic carbocycles. The van der Waals surface area contributed by atoms with Gasteiger partial charge in [-0.25, -0.2) is 0 Å². The molecule has 3 N–H and O–H groups in total. The van der Waals surface area contributed by atoms with Gasteiger partial charge in [0, 0.05) is 24.9 Å². The first kappa shape index (κ1) is 12.9. The van der Waals surface area contributed by atoms with Crippen LogP contribution in [0.2, 0.25) is 0 Å². The molecule has 1 saturated heterocycles.